The molecule has 0 radical (unpaired) electrons. The van der Waals surface area contributed by atoms with Gasteiger partial charge in [-0.1, -0.05) is 6.07 Å². The molecule has 6 nitrogen and oxygen atoms in total. The van der Waals surface area contributed by atoms with Crippen molar-refractivity contribution in [2.45, 2.75) is 33.4 Å². The predicted molar refractivity (Wildman–Crippen MR) is 108 cm³/mol. The number of rotatable bonds is 4. The van der Waals surface area contributed by atoms with Crippen molar-refractivity contribution in [2.75, 3.05) is 13.7 Å². The Morgan fingerprint density at radius 2 is 2.07 bits per heavy atom. The third-order valence-corrected chi connectivity index (χ3v) is 5.55. The van der Waals surface area contributed by atoms with Crippen LogP contribution in [0.3, 0.4) is 0 Å². The first-order chi connectivity index (χ1) is 13.6. The minimum atomic E-state index is -0.0591. The number of ether oxygens (including phenoxy) is 1. The first-order valence-corrected chi connectivity index (χ1v) is 9.44. The van der Waals surface area contributed by atoms with Gasteiger partial charge in [-0.05, 0) is 48.7 Å². The summed E-state index contributed by atoms with van der Waals surface area (Å²) in [7, 11) is 1.70. The first kappa shape index (κ1) is 18.4. The molecule has 0 aliphatic carbocycles. The molecule has 1 N–H and O–H groups in total. The molecule has 0 bridgehead atoms. The molecule has 144 valence electrons. The zero-order valence-electron chi connectivity index (χ0n) is 16.5. The minimum absolute atomic E-state index is 0.0591. The molecule has 0 atom stereocenters. The van der Waals surface area contributed by atoms with Crippen LogP contribution in [0.5, 0.6) is 5.75 Å². The topological polar surface area (TPSA) is 71.1 Å². The standard InChI is InChI=1S/C22H24N4O2/c1-14-15(2)20(28-3)7-6-17(14)12-26-10-8-19-18(13-26)22(27)25-21(24-19)16-5-4-9-23-11-16/h4-7,9,11H,8,10,12-13H2,1-3H3,(H,24,25,27). The summed E-state index contributed by atoms with van der Waals surface area (Å²) >= 11 is 0. The van der Waals surface area contributed by atoms with Crippen molar-refractivity contribution in [1.82, 2.24) is 19.9 Å². The first-order valence-electron chi connectivity index (χ1n) is 9.44. The van der Waals surface area contributed by atoms with Gasteiger partial charge in [-0.2, -0.15) is 0 Å². The number of H-pyrrole nitrogens is 1. The molecule has 0 amide bonds. The Morgan fingerprint density at radius 1 is 1.21 bits per heavy atom. The van der Waals surface area contributed by atoms with Crippen LogP contribution < -0.4 is 10.3 Å². The van der Waals surface area contributed by atoms with E-state index in [-0.39, 0.29) is 5.56 Å². The van der Waals surface area contributed by atoms with Crippen molar-refractivity contribution in [2.24, 2.45) is 0 Å². The molecule has 28 heavy (non-hydrogen) atoms. The molecule has 1 aromatic carbocycles. The normalized spacial score (nSPS) is 14.0. The summed E-state index contributed by atoms with van der Waals surface area (Å²) in [5, 5.41) is 0. The maximum absolute atomic E-state index is 12.7. The molecule has 0 spiro atoms. The third-order valence-electron chi connectivity index (χ3n) is 5.55. The van der Waals surface area contributed by atoms with Gasteiger partial charge < -0.3 is 9.72 Å². The van der Waals surface area contributed by atoms with Gasteiger partial charge in [0.05, 0.1) is 18.4 Å². The fraction of sp³-hybridized carbons (Fsp3) is 0.318. The van der Waals surface area contributed by atoms with Crippen molar-refractivity contribution >= 4 is 0 Å². The number of nitrogens with zero attached hydrogens (tertiary/aromatic N) is 3. The fourth-order valence-corrected chi connectivity index (χ4v) is 3.74. The molecular weight excluding hydrogens is 352 g/mol. The van der Waals surface area contributed by atoms with E-state index in [9.17, 15) is 4.79 Å². The monoisotopic (exact) mass is 376 g/mol. The summed E-state index contributed by atoms with van der Waals surface area (Å²) in [6.45, 7) is 6.49. The Labute approximate surface area is 164 Å². The molecule has 0 saturated heterocycles. The van der Waals surface area contributed by atoms with Crippen LogP contribution in [0.4, 0.5) is 0 Å². The van der Waals surface area contributed by atoms with Gasteiger partial charge in [0.15, 0.2) is 0 Å². The number of fused-ring (bicyclic) bond motifs is 1. The highest BCUT2D eigenvalue weighted by Gasteiger charge is 2.22. The van der Waals surface area contributed by atoms with Crippen LogP contribution in [-0.4, -0.2) is 33.5 Å². The molecule has 3 aromatic rings. The van der Waals surface area contributed by atoms with Crippen LogP contribution in [0.15, 0.2) is 41.5 Å². The van der Waals surface area contributed by atoms with Gasteiger partial charge >= 0.3 is 0 Å². The van der Waals surface area contributed by atoms with Gasteiger partial charge in [-0.3, -0.25) is 14.7 Å². The van der Waals surface area contributed by atoms with Crippen LogP contribution in [-0.2, 0) is 19.5 Å². The lowest BCUT2D eigenvalue weighted by Gasteiger charge is -2.28. The van der Waals surface area contributed by atoms with Gasteiger partial charge in [0.25, 0.3) is 5.56 Å². The van der Waals surface area contributed by atoms with E-state index in [1.807, 2.05) is 18.2 Å². The number of aromatic amines is 1. The summed E-state index contributed by atoms with van der Waals surface area (Å²) in [4.78, 5) is 26.7. The van der Waals surface area contributed by atoms with Crippen LogP contribution in [0.25, 0.3) is 11.4 Å². The predicted octanol–water partition coefficient (Wildman–Crippen LogP) is 3.02. The number of methoxy groups -OCH3 is 1. The molecule has 4 rings (SSSR count). The molecule has 0 saturated carbocycles. The van der Waals surface area contributed by atoms with E-state index in [0.29, 0.717) is 12.4 Å². The van der Waals surface area contributed by atoms with Gasteiger partial charge in [0.2, 0.25) is 0 Å². The van der Waals surface area contributed by atoms with Gasteiger partial charge in [-0.25, -0.2) is 4.98 Å². The summed E-state index contributed by atoms with van der Waals surface area (Å²) in [6.07, 6.45) is 4.19. The largest absolute Gasteiger partial charge is 0.496 e. The van der Waals surface area contributed by atoms with Crippen LogP contribution in [0.1, 0.15) is 27.9 Å². The number of aromatic nitrogens is 3. The zero-order valence-corrected chi connectivity index (χ0v) is 16.5. The van der Waals surface area contributed by atoms with E-state index >= 15 is 0 Å². The smallest absolute Gasteiger partial charge is 0.255 e. The van der Waals surface area contributed by atoms with Crippen molar-refractivity contribution in [1.29, 1.82) is 0 Å². The van der Waals surface area contributed by atoms with Crippen LogP contribution in [0.2, 0.25) is 0 Å². The molecule has 3 heterocycles. The highest BCUT2D eigenvalue weighted by atomic mass is 16.5. The lowest BCUT2D eigenvalue weighted by atomic mass is 10.0. The highest BCUT2D eigenvalue weighted by molar-refractivity contribution is 5.53. The fourth-order valence-electron chi connectivity index (χ4n) is 3.74. The SMILES string of the molecule is COc1ccc(CN2CCc3nc(-c4cccnc4)[nH]c(=O)c3C2)c(C)c1C. The van der Waals surface area contributed by atoms with E-state index in [4.69, 9.17) is 9.72 Å². The third kappa shape index (κ3) is 3.43. The maximum atomic E-state index is 12.7. The second-order valence-electron chi connectivity index (χ2n) is 7.22. The molecule has 2 aromatic heterocycles. The maximum Gasteiger partial charge on any atom is 0.255 e. The lowest BCUT2D eigenvalue weighted by Crippen LogP contribution is -2.35. The zero-order chi connectivity index (χ0) is 19.7. The highest BCUT2D eigenvalue weighted by Crippen LogP contribution is 2.26. The Bertz CT molecular complexity index is 1060. The number of nitrogens with one attached hydrogen (secondary N) is 1. The second-order valence-corrected chi connectivity index (χ2v) is 7.22. The summed E-state index contributed by atoms with van der Waals surface area (Å²) in [5.74, 6) is 1.50. The molecule has 1 aliphatic rings. The summed E-state index contributed by atoms with van der Waals surface area (Å²) < 4.78 is 5.41. The van der Waals surface area contributed by atoms with Gasteiger partial charge in [0, 0.05) is 44.0 Å². The van der Waals surface area contributed by atoms with Crippen molar-refractivity contribution < 1.29 is 4.74 Å². The van der Waals surface area contributed by atoms with Crippen molar-refractivity contribution in [3.63, 3.8) is 0 Å². The average Bonchev–Trinajstić information content (AvgIpc) is 2.72. The average molecular weight is 376 g/mol. The number of pyridine rings is 1. The minimum Gasteiger partial charge on any atom is -0.496 e. The van der Waals surface area contributed by atoms with Crippen molar-refractivity contribution in [3.8, 4) is 17.1 Å². The number of hydrogen-bond donors (Lipinski definition) is 1. The summed E-state index contributed by atoms with van der Waals surface area (Å²) in [5.41, 5.74) is 6.09. The molecule has 0 fully saturated rings. The van der Waals surface area contributed by atoms with E-state index in [2.05, 4.69) is 34.8 Å². The number of benzene rings is 1. The quantitative estimate of drug-likeness (QED) is 0.758. The molecule has 0 unspecified atom stereocenters. The van der Waals surface area contributed by atoms with E-state index in [1.54, 1.807) is 19.5 Å². The molecule has 6 heteroatoms. The van der Waals surface area contributed by atoms with Gasteiger partial charge in [0.1, 0.15) is 11.6 Å². The Kier molecular flexibility index (Phi) is 4.96. The second kappa shape index (κ2) is 7.56. The van der Waals surface area contributed by atoms with Crippen molar-refractivity contribution in [3.05, 3.63) is 75.0 Å². The van der Waals surface area contributed by atoms with E-state index < -0.39 is 0 Å². The van der Waals surface area contributed by atoms with Crippen LogP contribution in [0, 0.1) is 13.8 Å². The lowest BCUT2D eigenvalue weighted by molar-refractivity contribution is 0.241. The Balaban J connectivity index is 1.58. The molecular formula is C22H24N4O2. The van der Waals surface area contributed by atoms with Crippen LogP contribution >= 0.6 is 0 Å². The number of hydrogen-bond acceptors (Lipinski definition) is 5. The van der Waals surface area contributed by atoms with E-state index in [1.165, 1.54) is 11.1 Å². The summed E-state index contributed by atoms with van der Waals surface area (Å²) in [6, 6.07) is 7.88. The molecule has 1 aliphatic heterocycles. The van der Waals surface area contributed by atoms with E-state index in [0.717, 1.165) is 47.6 Å². The van der Waals surface area contributed by atoms with Gasteiger partial charge in [-0.15, -0.1) is 0 Å². The Hall–Kier alpha value is -2.99. The Morgan fingerprint density at radius 3 is 2.82 bits per heavy atom.